The van der Waals surface area contributed by atoms with E-state index in [1.54, 1.807) is 0 Å². The fourth-order valence-corrected chi connectivity index (χ4v) is 2.27. The highest BCUT2D eigenvalue weighted by Crippen LogP contribution is 2.19. The molecule has 0 aromatic rings. The molecular formula is C12H22N2O2. The Kier molecular flexibility index (Phi) is 4.18. The van der Waals surface area contributed by atoms with Crippen molar-refractivity contribution in [2.75, 3.05) is 26.2 Å². The van der Waals surface area contributed by atoms with Crippen LogP contribution in [0.4, 0.5) is 0 Å². The third-order valence-electron chi connectivity index (χ3n) is 3.48. The Bertz CT molecular complexity index is 241. The number of carbonyl (C=O) groups excluding carboxylic acids is 1. The maximum Gasteiger partial charge on any atom is 0.223 e. The average molecular weight is 226 g/mol. The first-order valence-corrected chi connectivity index (χ1v) is 6.41. The highest BCUT2D eigenvalue weighted by atomic mass is 16.3. The summed E-state index contributed by atoms with van der Waals surface area (Å²) in [5, 5.41) is 12.5. The Labute approximate surface area is 97.0 Å². The van der Waals surface area contributed by atoms with Crippen LogP contribution in [0.5, 0.6) is 0 Å². The maximum absolute atomic E-state index is 11.9. The molecule has 1 unspecified atom stereocenters. The molecule has 1 aliphatic heterocycles. The molecule has 1 heterocycles. The van der Waals surface area contributed by atoms with Crippen molar-refractivity contribution in [3.63, 3.8) is 0 Å². The van der Waals surface area contributed by atoms with Gasteiger partial charge in [0.2, 0.25) is 5.91 Å². The number of nitrogens with one attached hydrogen (secondary N) is 1. The number of rotatable bonds is 5. The van der Waals surface area contributed by atoms with Gasteiger partial charge in [0, 0.05) is 38.7 Å². The predicted octanol–water partition coefficient (Wildman–Crippen LogP) is 0.359. The number of aliphatic hydroxyl groups excluding tert-OH is 1. The summed E-state index contributed by atoms with van der Waals surface area (Å²) < 4.78 is 0. The largest absolute Gasteiger partial charge is 0.396 e. The van der Waals surface area contributed by atoms with Gasteiger partial charge < -0.3 is 15.3 Å². The van der Waals surface area contributed by atoms with Gasteiger partial charge >= 0.3 is 0 Å². The van der Waals surface area contributed by atoms with Crippen LogP contribution < -0.4 is 5.32 Å². The molecule has 2 fully saturated rings. The Morgan fingerprint density at radius 1 is 1.38 bits per heavy atom. The van der Waals surface area contributed by atoms with E-state index in [9.17, 15) is 4.79 Å². The molecule has 0 aromatic carbocycles. The number of carbonyl (C=O) groups is 1. The van der Waals surface area contributed by atoms with Gasteiger partial charge in [0.15, 0.2) is 0 Å². The molecule has 0 radical (unpaired) electrons. The van der Waals surface area contributed by atoms with E-state index in [2.05, 4.69) is 5.32 Å². The van der Waals surface area contributed by atoms with Crippen molar-refractivity contribution in [3.05, 3.63) is 0 Å². The summed E-state index contributed by atoms with van der Waals surface area (Å²) in [4.78, 5) is 13.8. The van der Waals surface area contributed by atoms with Crippen LogP contribution in [-0.4, -0.2) is 48.2 Å². The van der Waals surface area contributed by atoms with Gasteiger partial charge in [0.1, 0.15) is 0 Å². The highest BCUT2D eigenvalue weighted by Gasteiger charge is 2.24. The molecular weight excluding hydrogens is 204 g/mol. The molecule has 1 saturated heterocycles. The molecule has 4 nitrogen and oxygen atoms in total. The zero-order valence-corrected chi connectivity index (χ0v) is 9.82. The van der Waals surface area contributed by atoms with E-state index < -0.39 is 0 Å². The van der Waals surface area contributed by atoms with Gasteiger partial charge in [0.05, 0.1) is 0 Å². The number of aliphatic hydroxyl groups is 1. The number of nitrogens with zero attached hydrogens (tertiary/aromatic N) is 1. The fourth-order valence-electron chi connectivity index (χ4n) is 2.27. The predicted molar refractivity (Wildman–Crippen MR) is 62.0 cm³/mol. The van der Waals surface area contributed by atoms with Crippen molar-refractivity contribution in [3.8, 4) is 0 Å². The number of piperidine rings is 1. The van der Waals surface area contributed by atoms with Gasteiger partial charge in [-0.25, -0.2) is 0 Å². The van der Waals surface area contributed by atoms with E-state index in [1.807, 2.05) is 4.90 Å². The first-order valence-electron chi connectivity index (χ1n) is 6.41. The number of hydrogen-bond donors (Lipinski definition) is 2. The molecule has 0 spiro atoms. The first kappa shape index (κ1) is 11.9. The topological polar surface area (TPSA) is 52.6 Å². The van der Waals surface area contributed by atoms with Crippen molar-refractivity contribution in [2.45, 2.75) is 38.1 Å². The molecule has 2 rings (SSSR count). The first-order chi connectivity index (χ1) is 7.79. The van der Waals surface area contributed by atoms with Crippen LogP contribution in [0.15, 0.2) is 0 Å². The molecule has 1 saturated carbocycles. The maximum atomic E-state index is 11.9. The molecule has 92 valence electrons. The second-order valence-corrected chi connectivity index (χ2v) is 5.01. The zero-order valence-electron chi connectivity index (χ0n) is 9.82. The lowest BCUT2D eigenvalue weighted by molar-refractivity contribution is -0.133. The molecule has 1 atom stereocenters. The Morgan fingerprint density at radius 2 is 2.19 bits per heavy atom. The minimum atomic E-state index is 0.212. The third-order valence-corrected chi connectivity index (χ3v) is 3.48. The summed E-state index contributed by atoms with van der Waals surface area (Å²) in [6.45, 7) is 2.64. The molecule has 2 aliphatic rings. The van der Waals surface area contributed by atoms with Gasteiger partial charge in [-0.1, -0.05) is 0 Å². The van der Waals surface area contributed by atoms with Crippen LogP contribution in [0.3, 0.4) is 0 Å². The Balaban J connectivity index is 1.66. The number of amides is 1. The summed E-state index contributed by atoms with van der Waals surface area (Å²) in [6.07, 6.45) is 5.23. The van der Waals surface area contributed by atoms with Crippen LogP contribution in [0.2, 0.25) is 0 Å². The smallest absolute Gasteiger partial charge is 0.223 e. The molecule has 0 aromatic heterocycles. The second-order valence-electron chi connectivity index (χ2n) is 5.01. The third kappa shape index (κ3) is 3.46. The fraction of sp³-hybridized carbons (Fsp3) is 0.917. The van der Waals surface area contributed by atoms with E-state index in [0.717, 1.165) is 32.5 Å². The van der Waals surface area contributed by atoms with Crippen molar-refractivity contribution >= 4 is 5.91 Å². The molecule has 2 N–H and O–H groups in total. The van der Waals surface area contributed by atoms with E-state index >= 15 is 0 Å². The van der Waals surface area contributed by atoms with Crippen molar-refractivity contribution < 1.29 is 9.90 Å². The molecule has 16 heavy (non-hydrogen) atoms. The lowest BCUT2D eigenvalue weighted by Gasteiger charge is -2.32. The minimum Gasteiger partial charge on any atom is -0.396 e. The second kappa shape index (κ2) is 5.64. The lowest BCUT2D eigenvalue weighted by Crippen LogP contribution is -2.41. The molecule has 1 amide bonds. The van der Waals surface area contributed by atoms with Crippen LogP contribution in [-0.2, 0) is 4.79 Å². The standard InChI is InChI=1S/C12H22N2O2/c15-9-10-2-1-7-14(8-10)12(16)5-6-13-11-3-4-11/h10-11,13,15H,1-9H2. The monoisotopic (exact) mass is 226 g/mol. The Morgan fingerprint density at radius 3 is 2.88 bits per heavy atom. The molecule has 4 heteroatoms. The molecule has 1 aliphatic carbocycles. The number of hydrogen-bond acceptors (Lipinski definition) is 3. The summed E-state index contributed by atoms with van der Waals surface area (Å²) in [5.74, 6) is 0.542. The van der Waals surface area contributed by atoms with Crippen LogP contribution in [0.25, 0.3) is 0 Å². The summed E-state index contributed by atoms with van der Waals surface area (Å²) >= 11 is 0. The Hall–Kier alpha value is -0.610. The normalized spacial score (nSPS) is 25.8. The van der Waals surface area contributed by atoms with Gasteiger partial charge in [-0.05, 0) is 31.6 Å². The van der Waals surface area contributed by atoms with E-state index in [-0.39, 0.29) is 12.5 Å². The van der Waals surface area contributed by atoms with Crippen LogP contribution in [0.1, 0.15) is 32.1 Å². The summed E-state index contributed by atoms with van der Waals surface area (Å²) in [5.41, 5.74) is 0. The highest BCUT2D eigenvalue weighted by molar-refractivity contribution is 5.76. The molecule has 0 bridgehead atoms. The van der Waals surface area contributed by atoms with Crippen molar-refractivity contribution in [2.24, 2.45) is 5.92 Å². The summed E-state index contributed by atoms with van der Waals surface area (Å²) in [7, 11) is 0. The van der Waals surface area contributed by atoms with Gasteiger partial charge in [-0.2, -0.15) is 0 Å². The van der Waals surface area contributed by atoms with Gasteiger partial charge in [-0.3, -0.25) is 4.79 Å². The van der Waals surface area contributed by atoms with Crippen LogP contribution in [0, 0.1) is 5.92 Å². The van der Waals surface area contributed by atoms with Crippen molar-refractivity contribution in [1.29, 1.82) is 0 Å². The summed E-state index contributed by atoms with van der Waals surface area (Å²) in [6, 6.07) is 0.680. The lowest BCUT2D eigenvalue weighted by atomic mass is 9.99. The van der Waals surface area contributed by atoms with Crippen molar-refractivity contribution in [1.82, 2.24) is 10.2 Å². The van der Waals surface area contributed by atoms with E-state index in [1.165, 1.54) is 12.8 Å². The quantitative estimate of drug-likeness (QED) is 0.711. The van der Waals surface area contributed by atoms with E-state index in [0.29, 0.717) is 18.4 Å². The number of likely N-dealkylation sites (tertiary alicyclic amines) is 1. The van der Waals surface area contributed by atoms with E-state index in [4.69, 9.17) is 5.11 Å². The van der Waals surface area contributed by atoms with Crippen LogP contribution >= 0.6 is 0 Å². The minimum absolute atomic E-state index is 0.212. The SMILES string of the molecule is O=C(CCNC1CC1)N1CCCC(CO)C1. The van der Waals surface area contributed by atoms with Gasteiger partial charge in [0.25, 0.3) is 0 Å². The van der Waals surface area contributed by atoms with Gasteiger partial charge in [-0.15, -0.1) is 0 Å². The average Bonchev–Trinajstić information content (AvgIpc) is 3.13. The zero-order chi connectivity index (χ0) is 11.4.